The molecular weight excluding hydrogens is 188 g/mol. The first-order chi connectivity index (χ1) is 7.29. The lowest BCUT2D eigenvalue weighted by Gasteiger charge is -2.00. The van der Waals surface area contributed by atoms with Gasteiger partial charge in [0.05, 0.1) is 12.0 Å². The molecule has 2 rings (SSSR count). The maximum Gasteiger partial charge on any atom is 0.115 e. The van der Waals surface area contributed by atoms with E-state index in [9.17, 15) is 0 Å². The Labute approximate surface area is 88.3 Å². The van der Waals surface area contributed by atoms with Crippen molar-refractivity contribution in [2.75, 3.05) is 0 Å². The molecule has 0 aliphatic rings. The normalized spacial score (nSPS) is 10.1. The van der Waals surface area contributed by atoms with E-state index >= 15 is 0 Å². The van der Waals surface area contributed by atoms with Crippen molar-refractivity contribution >= 4 is 0 Å². The molecule has 1 heterocycles. The average molecular weight is 200 g/mol. The van der Waals surface area contributed by atoms with Crippen LogP contribution in [0.25, 0.3) is 5.69 Å². The van der Waals surface area contributed by atoms with Crippen LogP contribution in [0.2, 0.25) is 0 Å². The van der Waals surface area contributed by atoms with Crippen molar-refractivity contribution in [2.24, 2.45) is 0 Å². The van der Waals surface area contributed by atoms with Crippen LogP contribution in [-0.4, -0.2) is 14.7 Å². The minimum atomic E-state index is 0.269. The second-order valence-corrected chi connectivity index (χ2v) is 3.28. The largest absolute Gasteiger partial charge is 0.508 e. The number of phenolic OH excluding ortho intramolecular Hbond substituents is 1. The molecule has 0 unspecified atom stereocenters. The fourth-order valence-electron chi connectivity index (χ4n) is 1.38. The SMILES string of the molecule is C=CCc1cn(-c2ccc(O)cc2)cn1. The Balaban J connectivity index is 2.28. The third kappa shape index (κ3) is 2.07. The van der Waals surface area contributed by atoms with Crippen molar-refractivity contribution in [2.45, 2.75) is 6.42 Å². The summed E-state index contributed by atoms with van der Waals surface area (Å²) in [6.07, 6.45) is 6.30. The van der Waals surface area contributed by atoms with Crippen molar-refractivity contribution in [3.8, 4) is 11.4 Å². The fraction of sp³-hybridized carbons (Fsp3) is 0.0833. The number of rotatable bonds is 3. The first-order valence-corrected chi connectivity index (χ1v) is 4.73. The van der Waals surface area contributed by atoms with Gasteiger partial charge in [0.1, 0.15) is 5.75 Å². The number of phenols is 1. The van der Waals surface area contributed by atoms with Gasteiger partial charge in [-0.3, -0.25) is 0 Å². The van der Waals surface area contributed by atoms with Crippen molar-refractivity contribution in [3.05, 3.63) is 55.1 Å². The minimum Gasteiger partial charge on any atom is -0.508 e. The molecule has 3 heteroatoms. The van der Waals surface area contributed by atoms with Gasteiger partial charge < -0.3 is 9.67 Å². The zero-order valence-corrected chi connectivity index (χ0v) is 8.30. The molecule has 76 valence electrons. The van der Waals surface area contributed by atoms with Gasteiger partial charge in [0, 0.05) is 18.3 Å². The summed E-state index contributed by atoms with van der Waals surface area (Å²) in [5.74, 6) is 0.269. The number of hydrogen-bond donors (Lipinski definition) is 1. The molecular formula is C12H12N2O. The van der Waals surface area contributed by atoms with Gasteiger partial charge in [0.15, 0.2) is 0 Å². The van der Waals surface area contributed by atoms with Gasteiger partial charge in [-0.2, -0.15) is 0 Å². The van der Waals surface area contributed by atoms with Crippen molar-refractivity contribution < 1.29 is 5.11 Å². The van der Waals surface area contributed by atoms with Crippen LogP contribution >= 0.6 is 0 Å². The smallest absolute Gasteiger partial charge is 0.115 e. The molecule has 0 aliphatic carbocycles. The van der Waals surface area contributed by atoms with E-state index in [4.69, 9.17) is 5.11 Å². The van der Waals surface area contributed by atoms with Gasteiger partial charge >= 0.3 is 0 Å². The molecule has 0 atom stereocenters. The van der Waals surface area contributed by atoms with E-state index < -0.39 is 0 Å². The third-order valence-electron chi connectivity index (χ3n) is 2.14. The highest BCUT2D eigenvalue weighted by atomic mass is 16.3. The van der Waals surface area contributed by atoms with E-state index in [1.165, 1.54) is 0 Å². The quantitative estimate of drug-likeness (QED) is 0.772. The van der Waals surface area contributed by atoms with Gasteiger partial charge in [-0.1, -0.05) is 6.08 Å². The lowest BCUT2D eigenvalue weighted by molar-refractivity contribution is 0.475. The van der Waals surface area contributed by atoms with Crippen molar-refractivity contribution in [3.63, 3.8) is 0 Å². The topological polar surface area (TPSA) is 38.0 Å². The van der Waals surface area contributed by atoms with Gasteiger partial charge in [0.25, 0.3) is 0 Å². The van der Waals surface area contributed by atoms with E-state index in [2.05, 4.69) is 11.6 Å². The van der Waals surface area contributed by atoms with E-state index in [1.807, 2.05) is 29.0 Å². The summed E-state index contributed by atoms with van der Waals surface area (Å²) in [5, 5.41) is 9.15. The molecule has 0 amide bonds. The highest BCUT2D eigenvalue weighted by molar-refractivity contribution is 5.37. The van der Waals surface area contributed by atoms with Crippen LogP contribution in [0.4, 0.5) is 0 Å². The zero-order chi connectivity index (χ0) is 10.7. The number of aromatic hydroxyl groups is 1. The second kappa shape index (κ2) is 4.00. The van der Waals surface area contributed by atoms with Gasteiger partial charge in [-0.15, -0.1) is 6.58 Å². The van der Waals surface area contributed by atoms with Crippen molar-refractivity contribution in [1.82, 2.24) is 9.55 Å². The molecule has 0 fully saturated rings. The highest BCUT2D eigenvalue weighted by Gasteiger charge is 1.99. The number of benzene rings is 1. The number of nitrogens with zero attached hydrogens (tertiary/aromatic N) is 2. The van der Waals surface area contributed by atoms with Crippen LogP contribution in [0.5, 0.6) is 5.75 Å². The molecule has 3 nitrogen and oxygen atoms in total. The molecule has 1 aromatic carbocycles. The van der Waals surface area contributed by atoms with E-state index in [1.54, 1.807) is 18.5 Å². The Bertz CT molecular complexity index is 457. The molecule has 0 spiro atoms. The monoisotopic (exact) mass is 200 g/mol. The molecule has 1 aromatic heterocycles. The summed E-state index contributed by atoms with van der Waals surface area (Å²) in [4.78, 5) is 4.23. The molecule has 0 radical (unpaired) electrons. The Hall–Kier alpha value is -2.03. The summed E-state index contributed by atoms with van der Waals surface area (Å²) >= 11 is 0. The lowest BCUT2D eigenvalue weighted by atomic mass is 10.3. The van der Waals surface area contributed by atoms with Gasteiger partial charge in [0.2, 0.25) is 0 Å². The predicted octanol–water partition coefficient (Wildman–Crippen LogP) is 2.31. The van der Waals surface area contributed by atoms with Crippen LogP contribution in [-0.2, 0) is 6.42 Å². The summed E-state index contributed by atoms with van der Waals surface area (Å²) < 4.78 is 1.91. The number of imidazole rings is 1. The first kappa shape index (κ1) is 9.52. The van der Waals surface area contributed by atoms with E-state index in [-0.39, 0.29) is 5.75 Å². The molecule has 2 aromatic rings. The van der Waals surface area contributed by atoms with E-state index in [0.29, 0.717) is 0 Å². The minimum absolute atomic E-state index is 0.269. The van der Waals surface area contributed by atoms with Crippen LogP contribution in [0.3, 0.4) is 0 Å². The summed E-state index contributed by atoms with van der Waals surface area (Å²) in [5.41, 5.74) is 1.97. The maximum atomic E-state index is 9.15. The Morgan fingerprint density at radius 3 is 2.73 bits per heavy atom. The van der Waals surface area contributed by atoms with Crippen LogP contribution in [0, 0.1) is 0 Å². The predicted molar refractivity (Wildman–Crippen MR) is 59.1 cm³/mol. The second-order valence-electron chi connectivity index (χ2n) is 3.28. The molecule has 0 aliphatic heterocycles. The zero-order valence-electron chi connectivity index (χ0n) is 8.30. The third-order valence-corrected chi connectivity index (χ3v) is 2.14. The van der Waals surface area contributed by atoms with Gasteiger partial charge in [-0.25, -0.2) is 4.98 Å². The molecule has 0 saturated carbocycles. The highest BCUT2D eigenvalue weighted by Crippen LogP contribution is 2.14. The Morgan fingerprint density at radius 2 is 2.07 bits per heavy atom. The van der Waals surface area contributed by atoms with Crippen LogP contribution in [0.15, 0.2) is 49.4 Å². The molecule has 0 saturated heterocycles. The fourth-order valence-corrected chi connectivity index (χ4v) is 1.38. The molecule has 1 N–H and O–H groups in total. The average Bonchev–Trinajstić information content (AvgIpc) is 2.68. The van der Waals surface area contributed by atoms with Crippen LogP contribution < -0.4 is 0 Å². The molecule has 0 bridgehead atoms. The number of allylic oxidation sites excluding steroid dienone is 1. The number of aromatic nitrogens is 2. The first-order valence-electron chi connectivity index (χ1n) is 4.73. The Morgan fingerprint density at radius 1 is 1.33 bits per heavy atom. The van der Waals surface area contributed by atoms with E-state index in [0.717, 1.165) is 17.8 Å². The number of hydrogen-bond acceptors (Lipinski definition) is 2. The van der Waals surface area contributed by atoms with Crippen molar-refractivity contribution in [1.29, 1.82) is 0 Å². The Kier molecular flexibility index (Phi) is 2.54. The van der Waals surface area contributed by atoms with Gasteiger partial charge in [-0.05, 0) is 24.3 Å². The lowest BCUT2D eigenvalue weighted by Crippen LogP contribution is -1.88. The maximum absolute atomic E-state index is 9.15. The van der Waals surface area contributed by atoms with Crippen LogP contribution in [0.1, 0.15) is 5.69 Å². The summed E-state index contributed by atoms with van der Waals surface area (Å²) in [6, 6.07) is 6.99. The standard InChI is InChI=1S/C12H12N2O/c1-2-3-10-8-14(9-13-10)11-4-6-12(15)7-5-11/h2,4-9,15H,1,3H2. The summed E-state index contributed by atoms with van der Waals surface area (Å²) in [7, 11) is 0. The molecule has 15 heavy (non-hydrogen) atoms. The summed E-state index contributed by atoms with van der Waals surface area (Å²) in [6.45, 7) is 3.67.